The smallest absolute Gasteiger partial charge is 0.161 e. The summed E-state index contributed by atoms with van der Waals surface area (Å²) in [5, 5.41) is 11.0. The van der Waals surface area contributed by atoms with Gasteiger partial charge in [-0.25, -0.2) is 0 Å². The van der Waals surface area contributed by atoms with E-state index in [4.69, 9.17) is 21.1 Å². The van der Waals surface area contributed by atoms with E-state index in [1.54, 1.807) is 7.11 Å². The van der Waals surface area contributed by atoms with Gasteiger partial charge in [0.1, 0.15) is 12.7 Å². The zero-order valence-electron chi connectivity index (χ0n) is 15.5. The molecule has 0 amide bonds. The maximum atomic E-state index is 10.3. The summed E-state index contributed by atoms with van der Waals surface area (Å²) in [6.07, 6.45) is 3.36. The number of rotatable bonds is 9. The predicted molar refractivity (Wildman–Crippen MR) is 107 cm³/mol. The second-order valence-corrected chi connectivity index (χ2v) is 6.63. The first-order valence-electron chi connectivity index (χ1n) is 8.56. The third kappa shape index (κ3) is 6.37. The van der Waals surface area contributed by atoms with Gasteiger partial charge in [0, 0.05) is 18.1 Å². The first kappa shape index (κ1) is 20.3. The molecule has 1 N–H and O–H groups in total. The van der Waals surface area contributed by atoms with Crippen molar-refractivity contribution in [1.82, 2.24) is 4.90 Å². The van der Waals surface area contributed by atoms with Crippen molar-refractivity contribution in [3.8, 4) is 11.5 Å². The Balaban J connectivity index is 1.85. The van der Waals surface area contributed by atoms with Crippen LogP contribution in [0.2, 0.25) is 5.02 Å². The number of halogens is 1. The van der Waals surface area contributed by atoms with Crippen LogP contribution in [-0.2, 0) is 6.54 Å². The molecule has 0 aliphatic rings. The molecule has 0 aliphatic heterocycles. The van der Waals surface area contributed by atoms with Gasteiger partial charge in [0.25, 0.3) is 0 Å². The van der Waals surface area contributed by atoms with Crippen molar-refractivity contribution in [3.63, 3.8) is 0 Å². The molecule has 0 bridgehead atoms. The van der Waals surface area contributed by atoms with Crippen molar-refractivity contribution in [2.24, 2.45) is 0 Å². The highest BCUT2D eigenvalue weighted by atomic mass is 35.5. The summed E-state index contributed by atoms with van der Waals surface area (Å²) in [5.74, 6) is 1.28. The molecule has 0 aliphatic carbocycles. The van der Waals surface area contributed by atoms with Crippen LogP contribution in [0.4, 0.5) is 0 Å². The standard InChI is InChI=1S/C21H26ClNO3/c1-4-5-16-8-11-20(21(12-16)25-3)26-15-19(24)14-23(2)13-17-6-9-18(22)10-7-17/h4-12,19,24H,13-15H2,1-3H3. The zero-order valence-corrected chi connectivity index (χ0v) is 16.2. The lowest BCUT2D eigenvalue weighted by atomic mass is 10.2. The normalized spacial score (nSPS) is 12.5. The number of hydrogen-bond acceptors (Lipinski definition) is 4. The van der Waals surface area contributed by atoms with E-state index in [0.29, 0.717) is 18.0 Å². The van der Waals surface area contributed by atoms with Gasteiger partial charge in [0.05, 0.1) is 7.11 Å². The SMILES string of the molecule is CC=Cc1ccc(OCC(O)CN(C)Cc2ccc(Cl)cc2)c(OC)c1. The monoisotopic (exact) mass is 375 g/mol. The molecule has 0 heterocycles. The average Bonchev–Trinajstić information content (AvgIpc) is 2.62. The Bertz CT molecular complexity index is 716. The summed E-state index contributed by atoms with van der Waals surface area (Å²) in [6, 6.07) is 13.4. The minimum Gasteiger partial charge on any atom is -0.493 e. The topological polar surface area (TPSA) is 41.9 Å². The number of hydrogen-bond donors (Lipinski definition) is 1. The summed E-state index contributed by atoms with van der Waals surface area (Å²) in [4.78, 5) is 2.05. The largest absolute Gasteiger partial charge is 0.493 e. The number of allylic oxidation sites excluding steroid dienone is 1. The van der Waals surface area contributed by atoms with Crippen LogP contribution in [0.1, 0.15) is 18.1 Å². The maximum Gasteiger partial charge on any atom is 0.161 e. The minimum atomic E-state index is -0.604. The molecule has 0 spiro atoms. The number of ether oxygens (including phenoxy) is 2. The van der Waals surface area contributed by atoms with E-state index in [1.165, 1.54) is 0 Å². The lowest BCUT2D eigenvalue weighted by Gasteiger charge is -2.21. The number of aliphatic hydroxyl groups excluding tert-OH is 1. The Morgan fingerprint density at radius 3 is 2.54 bits per heavy atom. The van der Waals surface area contributed by atoms with Crippen molar-refractivity contribution in [1.29, 1.82) is 0 Å². The van der Waals surface area contributed by atoms with E-state index in [0.717, 1.165) is 22.7 Å². The third-order valence-electron chi connectivity index (χ3n) is 3.87. The summed E-state index contributed by atoms with van der Waals surface area (Å²) in [7, 11) is 3.57. The lowest BCUT2D eigenvalue weighted by Crippen LogP contribution is -2.32. The van der Waals surface area contributed by atoms with E-state index < -0.39 is 6.10 Å². The molecular weight excluding hydrogens is 350 g/mol. The van der Waals surface area contributed by atoms with E-state index in [1.807, 2.05) is 73.5 Å². The number of nitrogens with zero attached hydrogens (tertiary/aromatic N) is 1. The fourth-order valence-corrected chi connectivity index (χ4v) is 2.79. The Labute approximate surface area is 160 Å². The molecule has 0 radical (unpaired) electrons. The molecule has 0 saturated heterocycles. The maximum absolute atomic E-state index is 10.3. The Morgan fingerprint density at radius 1 is 1.15 bits per heavy atom. The van der Waals surface area contributed by atoms with Crippen molar-refractivity contribution >= 4 is 17.7 Å². The fraction of sp³-hybridized carbons (Fsp3) is 0.333. The van der Waals surface area contributed by atoms with E-state index in [9.17, 15) is 5.11 Å². The molecule has 2 rings (SSSR count). The van der Waals surface area contributed by atoms with E-state index in [-0.39, 0.29) is 6.61 Å². The van der Waals surface area contributed by atoms with Crippen LogP contribution in [0.5, 0.6) is 11.5 Å². The van der Waals surface area contributed by atoms with Crippen LogP contribution in [0, 0.1) is 0 Å². The van der Waals surface area contributed by atoms with Gasteiger partial charge < -0.3 is 14.6 Å². The highest BCUT2D eigenvalue weighted by Gasteiger charge is 2.12. The summed E-state index contributed by atoms with van der Waals surface area (Å²) in [5.41, 5.74) is 2.19. The Morgan fingerprint density at radius 2 is 1.88 bits per heavy atom. The molecule has 0 fully saturated rings. The van der Waals surface area contributed by atoms with Crippen LogP contribution in [-0.4, -0.2) is 43.4 Å². The van der Waals surface area contributed by atoms with E-state index >= 15 is 0 Å². The van der Waals surface area contributed by atoms with Crippen LogP contribution in [0.25, 0.3) is 6.08 Å². The highest BCUT2D eigenvalue weighted by molar-refractivity contribution is 6.30. The number of aliphatic hydroxyl groups is 1. The molecule has 26 heavy (non-hydrogen) atoms. The van der Waals surface area contributed by atoms with Gasteiger partial charge in [-0.2, -0.15) is 0 Å². The molecule has 1 atom stereocenters. The summed E-state index contributed by atoms with van der Waals surface area (Å²) >= 11 is 5.90. The predicted octanol–water partition coefficient (Wildman–Crippen LogP) is 4.25. The lowest BCUT2D eigenvalue weighted by molar-refractivity contribution is 0.0733. The fourth-order valence-electron chi connectivity index (χ4n) is 2.66. The molecule has 2 aromatic carbocycles. The molecule has 0 saturated carbocycles. The molecule has 4 nitrogen and oxygen atoms in total. The Hall–Kier alpha value is -2.01. The van der Waals surface area contributed by atoms with Crippen LogP contribution in [0.15, 0.2) is 48.5 Å². The van der Waals surface area contributed by atoms with Crippen molar-refractivity contribution in [3.05, 3.63) is 64.7 Å². The summed E-state index contributed by atoms with van der Waals surface area (Å²) in [6.45, 7) is 3.40. The zero-order chi connectivity index (χ0) is 18.9. The molecule has 1 unspecified atom stereocenters. The number of benzene rings is 2. The second kappa shape index (κ2) is 10.2. The van der Waals surface area contributed by atoms with Crippen LogP contribution in [0.3, 0.4) is 0 Å². The minimum absolute atomic E-state index is 0.199. The third-order valence-corrected chi connectivity index (χ3v) is 4.12. The van der Waals surface area contributed by atoms with Gasteiger partial charge in [-0.05, 0) is 49.4 Å². The van der Waals surface area contributed by atoms with Gasteiger partial charge in [0.15, 0.2) is 11.5 Å². The molecule has 2 aromatic rings. The quantitative estimate of drug-likeness (QED) is 0.711. The van der Waals surface area contributed by atoms with Crippen LogP contribution < -0.4 is 9.47 Å². The molecule has 0 aromatic heterocycles. The highest BCUT2D eigenvalue weighted by Crippen LogP contribution is 2.28. The molecule has 140 valence electrons. The van der Waals surface area contributed by atoms with Gasteiger partial charge in [-0.1, -0.05) is 42.0 Å². The van der Waals surface area contributed by atoms with Gasteiger partial charge >= 0.3 is 0 Å². The first-order valence-corrected chi connectivity index (χ1v) is 8.94. The number of methoxy groups -OCH3 is 1. The van der Waals surface area contributed by atoms with Crippen molar-refractivity contribution < 1.29 is 14.6 Å². The average molecular weight is 376 g/mol. The Kier molecular flexibility index (Phi) is 7.98. The summed E-state index contributed by atoms with van der Waals surface area (Å²) < 4.78 is 11.1. The van der Waals surface area contributed by atoms with Crippen molar-refractivity contribution in [2.45, 2.75) is 19.6 Å². The van der Waals surface area contributed by atoms with Gasteiger partial charge in [-0.3, -0.25) is 4.90 Å². The van der Waals surface area contributed by atoms with Crippen molar-refractivity contribution in [2.75, 3.05) is 27.3 Å². The second-order valence-electron chi connectivity index (χ2n) is 6.20. The van der Waals surface area contributed by atoms with Gasteiger partial charge in [0.2, 0.25) is 0 Å². The van der Waals surface area contributed by atoms with E-state index in [2.05, 4.69) is 0 Å². The van der Waals surface area contributed by atoms with Gasteiger partial charge in [-0.15, -0.1) is 0 Å². The first-order chi connectivity index (χ1) is 12.5. The molecular formula is C21H26ClNO3. The molecule has 5 heteroatoms. The number of likely N-dealkylation sites (N-methyl/N-ethyl adjacent to an activating group) is 1. The van der Waals surface area contributed by atoms with Crippen LogP contribution >= 0.6 is 11.6 Å².